The Morgan fingerprint density at radius 1 is 1.47 bits per heavy atom. The summed E-state index contributed by atoms with van der Waals surface area (Å²) in [5.74, 6) is 0. The van der Waals surface area contributed by atoms with Crippen LogP contribution >= 0.6 is 0 Å². The maximum atomic E-state index is 9.59. The molecule has 0 bridgehead atoms. The molecule has 0 radical (unpaired) electrons. The molecule has 2 rings (SSSR count). The first-order chi connectivity index (χ1) is 7.21. The highest BCUT2D eigenvalue weighted by atomic mass is 16.3. The fraction of sp³-hybridized carbons (Fsp3) is 1.00. The molecule has 2 unspecified atom stereocenters. The van der Waals surface area contributed by atoms with Crippen LogP contribution in [-0.4, -0.2) is 47.3 Å². The molecular weight excluding hydrogens is 188 g/mol. The van der Waals surface area contributed by atoms with Crippen LogP contribution in [0.2, 0.25) is 0 Å². The van der Waals surface area contributed by atoms with Crippen LogP contribution in [0.3, 0.4) is 0 Å². The average molecular weight is 212 g/mol. The molecule has 1 saturated carbocycles. The van der Waals surface area contributed by atoms with Crippen molar-refractivity contribution >= 4 is 0 Å². The Morgan fingerprint density at radius 3 is 2.73 bits per heavy atom. The van der Waals surface area contributed by atoms with Gasteiger partial charge in [-0.3, -0.25) is 4.90 Å². The monoisotopic (exact) mass is 212 g/mol. The molecule has 1 aliphatic heterocycles. The lowest BCUT2D eigenvalue weighted by atomic mass is 9.97. The second-order valence-electron chi connectivity index (χ2n) is 5.32. The van der Waals surface area contributed by atoms with Gasteiger partial charge in [-0.2, -0.15) is 0 Å². The van der Waals surface area contributed by atoms with E-state index in [1.807, 2.05) is 0 Å². The molecule has 0 aromatic carbocycles. The van der Waals surface area contributed by atoms with E-state index in [-0.39, 0.29) is 12.1 Å². The highest BCUT2D eigenvalue weighted by molar-refractivity contribution is 5.04. The Hall–Kier alpha value is -0.120. The summed E-state index contributed by atoms with van der Waals surface area (Å²) in [6.45, 7) is 6.81. The van der Waals surface area contributed by atoms with Gasteiger partial charge in [0.1, 0.15) is 0 Å². The second kappa shape index (κ2) is 4.40. The van der Waals surface area contributed by atoms with E-state index in [0.717, 1.165) is 32.0 Å². The van der Waals surface area contributed by atoms with Crippen LogP contribution in [0.25, 0.3) is 0 Å². The van der Waals surface area contributed by atoms with Crippen molar-refractivity contribution in [3.8, 4) is 0 Å². The minimum Gasteiger partial charge on any atom is -0.394 e. The van der Waals surface area contributed by atoms with Gasteiger partial charge >= 0.3 is 0 Å². The van der Waals surface area contributed by atoms with Crippen molar-refractivity contribution in [2.75, 3.05) is 19.7 Å². The molecule has 2 atom stereocenters. The van der Waals surface area contributed by atoms with Gasteiger partial charge in [0, 0.05) is 18.6 Å². The Labute approximate surface area is 92.8 Å². The van der Waals surface area contributed by atoms with Gasteiger partial charge < -0.3 is 10.4 Å². The summed E-state index contributed by atoms with van der Waals surface area (Å²) in [6.07, 6.45) is 4.96. The molecule has 3 heteroatoms. The Balaban J connectivity index is 1.95. The van der Waals surface area contributed by atoms with Crippen LogP contribution in [0.15, 0.2) is 0 Å². The first-order valence-corrected chi connectivity index (χ1v) is 6.32. The van der Waals surface area contributed by atoms with Crippen LogP contribution in [0, 0.1) is 0 Å². The van der Waals surface area contributed by atoms with Crippen LogP contribution in [0.1, 0.15) is 39.5 Å². The van der Waals surface area contributed by atoms with Crippen molar-refractivity contribution < 1.29 is 5.11 Å². The lowest BCUT2D eigenvalue weighted by Crippen LogP contribution is -2.51. The summed E-state index contributed by atoms with van der Waals surface area (Å²) in [4.78, 5) is 2.58. The SMILES string of the molecule is CCCNC1(CO)CC(C)N(C2CC2)C1. The first-order valence-electron chi connectivity index (χ1n) is 6.32. The fourth-order valence-corrected chi connectivity index (χ4v) is 2.84. The maximum Gasteiger partial charge on any atom is 0.0626 e. The lowest BCUT2D eigenvalue weighted by molar-refractivity contribution is 0.158. The van der Waals surface area contributed by atoms with E-state index in [4.69, 9.17) is 0 Å². The van der Waals surface area contributed by atoms with E-state index in [9.17, 15) is 5.11 Å². The lowest BCUT2D eigenvalue weighted by Gasteiger charge is -2.28. The van der Waals surface area contributed by atoms with E-state index >= 15 is 0 Å². The predicted molar refractivity (Wildman–Crippen MR) is 61.9 cm³/mol. The molecular formula is C12H24N2O. The van der Waals surface area contributed by atoms with E-state index < -0.39 is 0 Å². The highest BCUT2D eigenvalue weighted by Gasteiger charge is 2.46. The largest absolute Gasteiger partial charge is 0.394 e. The van der Waals surface area contributed by atoms with Gasteiger partial charge in [-0.15, -0.1) is 0 Å². The highest BCUT2D eigenvalue weighted by Crippen LogP contribution is 2.36. The van der Waals surface area contributed by atoms with Gasteiger partial charge in [-0.05, 0) is 39.2 Å². The second-order valence-corrected chi connectivity index (χ2v) is 5.32. The Morgan fingerprint density at radius 2 is 2.20 bits per heavy atom. The quantitative estimate of drug-likeness (QED) is 0.713. The number of nitrogens with one attached hydrogen (secondary N) is 1. The van der Waals surface area contributed by atoms with Crippen LogP contribution in [0.5, 0.6) is 0 Å². The van der Waals surface area contributed by atoms with Crippen LogP contribution in [0.4, 0.5) is 0 Å². The maximum absolute atomic E-state index is 9.59. The summed E-state index contributed by atoms with van der Waals surface area (Å²) < 4.78 is 0. The van der Waals surface area contributed by atoms with Crippen molar-refractivity contribution in [2.45, 2.75) is 57.2 Å². The molecule has 0 aromatic heterocycles. The van der Waals surface area contributed by atoms with Gasteiger partial charge in [0.15, 0.2) is 0 Å². The molecule has 1 heterocycles. The van der Waals surface area contributed by atoms with Crippen LogP contribution in [-0.2, 0) is 0 Å². The first kappa shape index (κ1) is 11.4. The van der Waals surface area contributed by atoms with Crippen molar-refractivity contribution in [1.29, 1.82) is 0 Å². The summed E-state index contributed by atoms with van der Waals surface area (Å²) in [6, 6.07) is 1.45. The molecule has 0 spiro atoms. The topological polar surface area (TPSA) is 35.5 Å². The summed E-state index contributed by atoms with van der Waals surface area (Å²) in [5, 5.41) is 13.1. The van der Waals surface area contributed by atoms with Crippen molar-refractivity contribution in [3.63, 3.8) is 0 Å². The smallest absolute Gasteiger partial charge is 0.0626 e. The molecule has 2 aliphatic rings. The third-order valence-corrected chi connectivity index (χ3v) is 3.81. The number of aliphatic hydroxyl groups is 1. The minimum atomic E-state index is -0.0159. The fourth-order valence-electron chi connectivity index (χ4n) is 2.84. The van der Waals surface area contributed by atoms with Gasteiger partial charge in [-0.25, -0.2) is 0 Å². The third kappa shape index (κ3) is 2.35. The van der Waals surface area contributed by atoms with Gasteiger partial charge in [-0.1, -0.05) is 6.92 Å². The molecule has 2 N–H and O–H groups in total. The van der Waals surface area contributed by atoms with Gasteiger partial charge in [0.05, 0.1) is 12.1 Å². The summed E-state index contributed by atoms with van der Waals surface area (Å²) in [7, 11) is 0. The van der Waals surface area contributed by atoms with Crippen LogP contribution < -0.4 is 5.32 Å². The predicted octanol–water partition coefficient (Wildman–Crippen LogP) is 0.974. The number of likely N-dealkylation sites (tertiary alicyclic amines) is 1. The molecule has 2 fully saturated rings. The number of aliphatic hydroxyl groups excluding tert-OH is 1. The molecule has 0 amide bonds. The number of hydrogen-bond acceptors (Lipinski definition) is 3. The molecule has 1 aliphatic carbocycles. The van der Waals surface area contributed by atoms with Gasteiger partial charge in [0.25, 0.3) is 0 Å². The third-order valence-electron chi connectivity index (χ3n) is 3.81. The van der Waals surface area contributed by atoms with E-state index in [2.05, 4.69) is 24.1 Å². The van der Waals surface area contributed by atoms with Crippen molar-refractivity contribution in [1.82, 2.24) is 10.2 Å². The average Bonchev–Trinajstić information content (AvgIpc) is 3.02. The summed E-state index contributed by atoms with van der Waals surface area (Å²) >= 11 is 0. The van der Waals surface area contributed by atoms with Crippen molar-refractivity contribution in [2.24, 2.45) is 0 Å². The van der Waals surface area contributed by atoms with E-state index in [1.165, 1.54) is 12.8 Å². The Kier molecular flexibility index (Phi) is 3.33. The number of hydrogen-bond donors (Lipinski definition) is 2. The standard InChI is InChI=1S/C12H24N2O/c1-3-6-13-12(9-15)7-10(2)14(8-12)11-4-5-11/h10-11,13,15H,3-9H2,1-2H3. The minimum absolute atomic E-state index is 0.0159. The molecule has 15 heavy (non-hydrogen) atoms. The van der Waals surface area contributed by atoms with Gasteiger partial charge in [0.2, 0.25) is 0 Å². The Bertz CT molecular complexity index is 218. The molecule has 88 valence electrons. The normalized spacial score (nSPS) is 37.4. The number of nitrogens with zero attached hydrogens (tertiary/aromatic N) is 1. The van der Waals surface area contributed by atoms with E-state index in [0.29, 0.717) is 6.04 Å². The molecule has 0 aromatic rings. The molecule has 3 nitrogen and oxygen atoms in total. The zero-order valence-corrected chi connectivity index (χ0v) is 10.00. The number of rotatable bonds is 5. The zero-order chi connectivity index (χ0) is 10.9. The molecule has 1 saturated heterocycles. The zero-order valence-electron chi connectivity index (χ0n) is 10.00. The van der Waals surface area contributed by atoms with Crippen molar-refractivity contribution in [3.05, 3.63) is 0 Å². The summed E-state index contributed by atoms with van der Waals surface area (Å²) in [5.41, 5.74) is -0.0159. The van der Waals surface area contributed by atoms with E-state index in [1.54, 1.807) is 0 Å².